The van der Waals surface area contributed by atoms with Crippen molar-refractivity contribution in [3.63, 3.8) is 0 Å². The number of phenols is 3. The van der Waals surface area contributed by atoms with Crippen LogP contribution in [0.5, 0.6) is 17.2 Å². The highest BCUT2D eigenvalue weighted by Crippen LogP contribution is 2.52. The molecular formula is C93H75Cl10F5N18O9. The molecule has 3 aliphatic rings. The summed E-state index contributed by atoms with van der Waals surface area (Å²) >= 11 is 62.1. The number of piperazine rings is 3. The zero-order valence-corrected chi connectivity index (χ0v) is 80.3. The number of aromatic nitrogens is 9. The molecule has 42 heteroatoms. The summed E-state index contributed by atoms with van der Waals surface area (Å²) in [5.41, 5.74) is -0.463. The van der Waals surface area contributed by atoms with Crippen molar-refractivity contribution in [1.82, 2.24) is 58.3 Å². The van der Waals surface area contributed by atoms with E-state index in [0.717, 1.165) is 0 Å². The van der Waals surface area contributed by atoms with Gasteiger partial charge < -0.3 is 44.7 Å². The maximum Gasteiger partial charge on any atom is 0.276 e. The first kappa shape index (κ1) is 100. The number of rotatable bonds is 15. The zero-order valence-electron chi connectivity index (χ0n) is 72.8. The van der Waals surface area contributed by atoms with E-state index in [1.54, 1.807) is 82.1 Å². The minimum atomic E-state index is -1.38. The number of aryl methyl sites for hydroxylation is 3. The number of hydrogen-bond donors (Lipinski definition) is 3. The molecule has 0 atom stereocenters. The number of phenolic OH excluding ortho intramolecular Hbond substituents is 3. The van der Waals surface area contributed by atoms with Crippen molar-refractivity contribution in [3.8, 4) is 86.3 Å². The first-order valence-corrected chi connectivity index (χ1v) is 44.9. The lowest BCUT2D eigenvalue weighted by atomic mass is 10.0. The standard InChI is InChI=1S/C31H25Cl4FN6O3.2C31H25Cl3F2N6O3/c1-5-19(43)40-8-10-41(11-9-40)28-16-12-18(32)26(20-21(33)22(34)23(35)24(36)29(20)44)39-30(16)42(31(45)17(28)13-37)27-15(4)6-7-38-25(27)14(2)3;2*1-5-19(43)40-8-10-41(11-9-40)28-16-12-18(32)26(20-23(35)21(33)22(34)24(36)29(20)44)39-30(16)42(31(45)17(28)13-37)27-15(4)6-7-38-25(27)14(2)3/h3*5-7,12,14,44H,1,8-11H2,2-4H3. The Morgan fingerprint density at radius 3 is 0.859 bits per heavy atom. The third kappa shape index (κ3) is 17.9. The minimum absolute atomic E-state index is 0.0398. The third-order valence-electron chi connectivity index (χ3n) is 23.0. The Hall–Kier alpha value is -12.4. The lowest BCUT2D eigenvalue weighted by Crippen LogP contribution is -2.49. The van der Waals surface area contributed by atoms with Crippen LogP contribution in [0.25, 0.3) is 83.9 Å². The third-order valence-corrected chi connectivity index (χ3v) is 26.8. The lowest BCUT2D eigenvalue weighted by Gasteiger charge is -2.36. The molecule has 0 unspecified atom stereocenters. The van der Waals surface area contributed by atoms with Gasteiger partial charge in [0, 0.05) is 113 Å². The topological polar surface area (TPSA) is 346 Å². The van der Waals surface area contributed by atoms with E-state index in [2.05, 4.69) is 50.7 Å². The van der Waals surface area contributed by atoms with Gasteiger partial charge in [-0.1, -0.05) is 177 Å². The van der Waals surface area contributed by atoms with Gasteiger partial charge in [0.2, 0.25) is 17.7 Å². The van der Waals surface area contributed by atoms with E-state index in [4.69, 9.17) is 121 Å². The second kappa shape index (κ2) is 40.3. The normalized spacial score (nSPS) is 13.4. The van der Waals surface area contributed by atoms with Crippen LogP contribution < -0.4 is 31.4 Å². The largest absolute Gasteiger partial charge is 0.504 e. The second-order valence-electron chi connectivity index (χ2n) is 32.0. The fraction of sp³-hybridized carbons (Fsp3) is 0.258. The smallest absolute Gasteiger partial charge is 0.276 e. The highest BCUT2D eigenvalue weighted by molar-refractivity contribution is 6.50. The van der Waals surface area contributed by atoms with Crippen LogP contribution in [-0.2, 0) is 14.4 Å². The number of carbonyl (C=O) groups excluding carboxylic acids is 3. The molecule has 3 N–H and O–H groups in total. The minimum Gasteiger partial charge on any atom is -0.504 e. The van der Waals surface area contributed by atoms with E-state index in [0.29, 0.717) is 82.4 Å². The summed E-state index contributed by atoms with van der Waals surface area (Å²) in [6, 6.07) is 15.5. The predicted molar refractivity (Wildman–Crippen MR) is 514 cm³/mol. The summed E-state index contributed by atoms with van der Waals surface area (Å²) in [7, 11) is 0. The molecule has 135 heavy (non-hydrogen) atoms. The lowest BCUT2D eigenvalue weighted by molar-refractivity contribution is -0.127. The highest BCUT2D eigenvalue weighted by Gasteiger charge is 2.38. The van der Waals surface area contributed by atoms with Gasteiger partial charge in [0.15, 0.2) is 46.3 Å². The summed E-state index contributed by atoms with van der Waals surface area (Å²) in [6.07, 6.45) is 8.45. The van der Waals surface area contributed by atoms with E-state index < -0.39 is 111 Å². The molecule has 0 aliphatic carbocycles. The van der Waals surface area contributed by atoms with E-state index >= 15 is 8.78 Å². The van der Waals surface area contributed by atoms with Crippen molar-refractivity contribution >= 4 is 184 Å². The number of nitriles is 3. The molecule has 12 heterocycles. The Balaban J connectivity index is 0.000000171. The molecule has 3 saturated heterocycles. The van der Waals surface area contributed by atoms with E-state index in [-0.39, 0.29) is 186 Å². The van der Waals surface area contributed by atoms with Gasteiger partial charge in [-0.2, -0.15) is 15.8 Å². The average molecular weight is 2040 g/mol. The highest BCUT2D eigenvalue weighted by atomic mass is 35.5. The number of pyridine rings is 9. The van der Waals surface area contributed by atoms with Crippen LogP contribution in [0, 0.1) is 83.9 Å². The number of amides is 3. The fourth-order valence-corrected chi connectivity index (χ4v) is 18.6. The number of hydrogen-bond acceptors (Lipinski definition) is 21. The molecule has 3 aromatic carbocycles. The number of benzene rings is 3. The molecule has 0 saturated carbocycles. The summed E-state index contributed by atoms with van der Waals surface area (Å²) in [4.78, 5) is 117. The molecular weight excluding hydrogens is 1960 g/mol. The van der Waals surface area contributed by atoms with Crippen LogP contribution in [-0.4, -0.2) is 170 Å². The van der Waals surface area contributed by atoms with E-state index in [9.17, 15) is 73.0 Å². The summed E-state index contributed by atoms with van der Waals surface area (Å²) in [5.74, 6) is -11.1. The van der Waals surface area contributed by atoms with Gasteiger partial charge in [0.1, 0.15) is 66.9 Å². The van der Waals surface area contributed by atoms with Gasteiger partial charge in [0.25, 0.3) is 16.7 Å². The molecule has 12 aromatic rings. The first-order valence-electron chi connectivity index (χ1n) is 41.1. The molecule has 3 fully saturated rings. The van der Waals surface area contributed by atoms with Crippen molar-refractivity contribution in [3.05, 3.63) is 254 Å². The van der Waals surface area contributed by atoms with Crippen LogP contribution in [0.2, 0.25) is 50.2 Å². The molecule has 9 aromatic heterocycles. The number of aromatic hydroxyl groups is 3. The van der Waals surface area contributed by atoms with Crippen LogP contribution in [0.3, 0.4) is 0 Å². The van der Waals surface area contributed by atoms with Crippen molar-refractivity contribution in [1.29, 1.82) is 15.8 Å². The van der Waals surface area contributed by atoms with Crippen molar-refractivity contribution in [2.75, 3.05) is 93.2 Å². The maximum absolute atomic E-state index is 15.5. The van der Waals surface area contributed by atoms with E-state index in [1.165, 1.54) is 50.1 Å². The Labute approximate surface area is 817 Å². The van der Waals surface area contributed by atoms with Crippen LogP contribution in [0.15, 0.2) is 107 Å². The van der Waals surface area contributed by atoms with Gasteiger partial charge in [0.05, 0.1) is 120 Å². The fourth-order valence-electron chi connectivity index (χ4n) is 16.4. The van der Waals surface area contributed by atoms with Gasteiger partial charge >= 0.3 is 0 Å². The monoisotopic (exact) mass is 2030 g/mol. The number of carbonyl (C=O) groups is 3. The first-order chi connectivity index (χ1) is 64.0. The zero-order chi connectivity index (χ0) is 98.7. The van der Waals surface area contributed by atoms with Gasteiger partial charge in [-0.3, -0.25) is 57.4 Å². The molecule has 15 rings (SSSR count). The Kier molecular flexibility index (Phi) is 29.9. The molecule has 0 spiro atoms. The molecule has 3 amide bonds. The molecule has 696 valence electrons. The molecule has 0 radical (unpaired) electrons. The van der Waals surface area contributed by atoms with Crippen molar-refractivity contribution < 1.29 is 51.7 Å². The molecule has 0 bridgehead atoms. The predicted octanol–water partition coefficient (Wildman–Crippen LogP) is 20.1. The SMILES string of the molecule is C=CC(=O)N1CCN(c2c(C#N)c(=O)n(-c3c(C)ccnc3C(C)C)c3nc(-c4c(O)c(F)c(Cl)c(Cl)c4Cl)c(Cl)cc23)CC1.C=CC(=O)N1CCN(c2c(C#N)c(=O)n(-c3c(C)ccnc3C(C)C)c3nc(-c4c(O)c(F)c(Cl)c(Cl)c4F)c(Cl)cc23)CC1.C=CC(=O)N1CCN(c2c(C#N)c(=O)n(-c3c(C)ccnc3C(C)C)c3nc(-c4c(O)c(F)c(Cl)c(Cl)c4F)c(Cl)cc23)CC1. The summed E-state index contributed by atoms with van der Waals surface area (Å²) in [5, 5.41) is 58.9. The average Bonchev–Trinajstić information content (AvgIpc) is 0.728. The van der Waals surface area contributed by atoms with E-state index in [1.807, 2.05) is 58.6 Å². The summed E-state index contributed by atoms with van der Waals surface area (Å²) < 4.78 is 79.4. The number of anilines is 3. The molecule has 3 aliphatic heterocycles. The number of fused-ring (bicyclic) bond motifs is 3. The summed E-state index contributed by atoms with van der Waals surface area (Å²) in [6.45, 7) is 30.6. The quantitative estimate of drug-likeness (QED) is 0.0371. The number of nitrogens with zero attached hydrogens (tertiary/aromatic N) is 18. The van der Waals surface area contributed by atoms with Crippen LogP contribution in [0.4, 0.5) is 39.0 Å². The maximum atomic E-state index is 15.5. The van der Waals surface area contributed by atoms with Gasteiger partial charge in [-0.25, -0.2) is 36.9 Å². The second-order valence-corrected chi connectivity index (χ2v) is 35.9. The van der Waals surface area contributed by atoms with Gasteiger partial charge in [-0.15, -0.1) is 0 Å². The van der Waals surface area contributed by atoms with Crippen molar-refractivity contribution in [2.45, 2.75) is 80.1 Å². The Morgan fingerprint density at radius 2 is 0.615 bits per heavy atom. The Bertz CT molecular complexity index is 6650. The van der Waals surface area contributed by atoms with Gasteiger partial charge in [-0.05, 0) is 110 Å². The molecule has 27 nitrogen and oxygen atoms in total. The van der Waals surface area contributed by atoms with Crippen molar-refractivity contribution in [2.24, 2.45) is 0 Å². The Morgan fingerprint density at radius 1 is 0.378 bits per heavy atom. The van der Waals surface area contributed by atoms with Crippen LogP contribution >= 0.6 is 116 Å². The number of halogens is 15. The van der Waals surface area contributed by atoms with Crippen LogP contribution in [0.1, 0.15) is 110 Å².